The summed E-state index contributed by atoms with van der Waals surface area (Å²) in [5.74, 6) is -2.43. The number of phosphoric ester groups is 1. The number of esters is 2. The molecule has 0 saturated carbocycles. The van der Waals surface area contributed by atoms with Crippen LogP contribution in [0.25, 0.3) is 0 Å². The van der Waals surface area contributed by atoms with E-state index in [0.717, 1.165) is 38.5 Å². The fourth-order valence-corrected chi connectivity index (χ4v) is 7.92. The van der Waals surface area contributed by atoms with Crippen molar-refractivity contribution in [1.29, 1.82) is 0 Å². The number of rotatable bonds is 48. The topological polar surface area (TPSA) is 172 Å². The first-order chi connectivity index (χ1) is 30.6. The minimum Gasteiger partial charge on any atom is -0.480 e. The van der Waals surface area contributed by atoms with Crippen molar-refractivity contribution in [3.8, 4) is 0 Å². The molecule has 3 atom stereocenters. The molecule has 0 fully saturated rings. The number of ether oxygens (including phenoxy) is 2. The molecule has 0 aliphatic rings. The van der Waals surface area contributed by atoms with Crippen molar-refractivity contribution in [2.24, 2.45) is 5.73 Å². The lowest BCUT2D eigenvalue weighted by molar-refractivity contribution is -0.161. The van der Waals surface area contributed by atoms with Gasteiger partial charge >= 0.3 is 25.7 Å². The van der Waals surface area contributed by atoms with Gasteiger partial charge in [0, 0.05) is 12.8 Å². The number of carbonyl (C=O) groups is 3. The van der Waals surface area contributed by atoms with Crippen LogP contribution in [0.15, 0.2) is 36.5 Å². The molecule has 0 aromatic rings. The first kappa shape index (κ1) is 60.7. The third-order valence-corrected chi connectivity index (χ3v) is 12.1. The largest absolute Gasteiger partial charge is 0.480 e. The van der Waals surface area contributed by atoms with Gasteiger partial charge < -0.3 is 25.2 Å². The fraction of sp³-hybridized carbons (Fsp3) is 0.824. The standard InChI is InChI=1S/C51H94NO10P/c1-3-5-7-9-11-13-15-17-19-21-22-23-24-25-27-28-30-32-34-36-38-40-42-49(53)59-44-47(45-60-63(57,58)61-46-48(52)51(55)56)62-50(54)43-41-39-37-35-33-31-29-26-20-18-16-14-12-10-8-6-4-2/h18,20,29,31,35,37,47-48H,3-17,19,21-28,30,32-34,36,38-46,52H2,1-2H3,(H,55,56)(H,57,58)/b20-18+,31-29+,37-35+/t47-,48+/m0/s1. The molecule has 11 nitrogen and oxygen atoms in total. The molecule has 0 bridgehead atoms. The predicted molar refractivity (Wildman–Crippen MR) is 259 cm³/mol. The van der Waals surface area contributed by atoms with Crippen LogP contribution in [0.4, 0.5) is 0 Å². The molecule has 0 amide bonds. The molecule has 1 unspecified atom stereocenters. The van der Waals surface area contributed by atoms with Gasteiger partial charge in [0.05, 0.1) is 13.2 Å². The summed E-state index contributed by atoms with van der Waals surface area (Å²) in [6, 6.07) is -1.53. The van der Waals surface area contributed by atoms with Gasteiger partial charge in [0.25, 0.3) is 0 Å². The van der Waals surface area contributed by atoms with E-state index >= 15 is 0 Å². The van der Waals surface area contributed by atoms with Gasteiger partial charge in [0.1, 0.15) is 12.6 Å². The van der Waals surface area contributed by atoms with Crippen LogP contribution < -0.4 is 5.73 Å². The molecule has 368 valence electrons. The molecular formula is C51H94NO10P. The van der Waals surface area contributed by atoms with E-state index in [0.29, 0.717) is 19.3 Å². The monoisotopic (exact) mass is 912 g/mol. The molecule has 4 N–H and O–H groups in total. The highest BCUT2D eigenvalue weighted by Gasteiger charge is 2.28. The number of hydrogen-bond acceptors (Lipinski definition) is 9. The average Bonchev–Trinajstić information content (AvgIpc) is 3.26. The third-order valence-electron chi connectivity index (χ3n) is 11.1. The summed E-state index contributed by atoms with van der Waals surface area (Å²) in [5.41, 5.74) is 5.35. The SMILES string of the molecule is CCCCCCCC/C=C/C/C=C/C/C=C/CCCC(=O)O[C@@H](COC(=O)CCCCCCCCCCCCCCCCCCCCCCCC)COP(=O)(O)OC[C@@H](N)C(=O)O. The van der Waals surface area contributed by atoms with Crippen molar-refractivity contribution in [1.82, 2.24) is 0 Å². The molecule has 63 heavy (non-hydrogen) atoms. The smallest absolute Gasteiger partial charge is 0.472 e. The summed E-state index contributed by atoms with van der Waals surface area (Å²) >= 11 is 0. The molecule has 0 aliphatic heterocycles. The van der Waals surface area contributed by atoms with E-state index in [1.807, 2.05) is 6.08 Å². The van der Waals surface area contributed by atoms with Crippen LogP contribution in [0, 0.1) is 0 Å². The third kappa shape index (κ3) is 46.0. The van der Waals surface area contributed by atoms with E-state index in [9.17, 15) is 23.8 Å². The van der Waals surface area contributed by atoms with Crippen LogP contribution in [0.3, 0.4) is 0 Å². The van der Waals surface area contributed by atoms with Gasteiger partial charge in [-0.2, -0.15) is 0 Å². The highest BCUT2D eigenvalue weighted by Crippen LogP contribution is 2.43. The van der Waals surface area contributed by atoms with Crippen molar-refractivity contribution in [3.63, 3.8) is 0 Å². The van der Waals surface area contributed by atoms with Crippen LogP contribution in [0.1, 0.15) is 239 Å². The van der Waals surface area contributed by atoms with Crippen LogP contribution in [-0.2, 0) is 37.5 Å². The van der Waals surface area contributed by atoms with E-state index in [4.69, 9.17) is 24.8 Å². The minimum atomic E-state index is -4.73. The minimum absolute atomic E-state index is 0.0915. The quantitative estimate of drug-likeness (QED) is 0.0230. The Bertz CT molecular complexity index is 1210. The van der Waals surface area contributed by atoms with E-state index in [-0.39, 0.29) is 19.4 Å². The number of aliphatic carboxylic acids is 1. The molecule has 0 aromatic heterocycles. The molecule has 0 aromatic carbocycles. The predicted octanol–water partition coefficient (Wildman–Crippen LogP) is 14.3. The first-order valence-electron chi connectivity index (χ1n) is 25.5. The van der Waals surface area contributed by atoms with Gasteiger partial charge in [-0.25, -0.2) is 4.57 Å². The molecular weight excluding hydrogens is 818 g/mol. The highest BCUT2D eigenvalue weighted by atomic mass is 31.2. The van der Waals surface area contributed by atoms with E-state index in [1.165, 1.54) is 154 Å². The maximum atomic E-state index is 12.6. The lowest BCUT2D eigenvalue weighted by atomic mass is 10.0. The zero-order valence-electron chi connectivity index (χ0n) is 40.2. The van der Waals surface area contributed by atoms with Crippen LogP contribution in [0.5, 0.6) is 0 Å². The Kier molecular flexibility index (Phi) is 44.5. The Morgan fingerprint density at radius 2 is 0.857 bits per heavy atom. The molecule has 0 saturated heterocycles. The van der Waals surface area contributed by atoms with Gasteiger partial charge in [0.15, 0.2) is 6.10 Å². The molecule has 0 spiro atoms. The van der Waals surface area contributed by atoms with Crippen molar-refractivity contribution in [2.45, 2.75) is 251 Å². The Labute approximate surface area is 384 Å². The number of hydrogen-bond donors (Lipinski definition) is 3. The molecule has 0 heterocycles. The van der Waals surface area contributed by atoms with Crippen molar-refractivity contribution >= 4 is 25.7 Å². The summed E-state index contributed by atoms with van der Waals surface area (Å²) in [6.45, 7) is 2.79. The maximum Gasteiger partial charge on any atom is 0.472 e. The molecule has 0 rings (SSSR count). The van der Waals surface area contributed by atoms with E-state index < -0.39 is 51.1 Å². The second-order valence-electron chi connectivity index (χ2n) is 17.3. The number of phosphoric acid groups is 1. The lowest BCUT2D eigenvalue weighted by Crippen LogP contribution is -2.34. The van der Waals surface area contributed by atoms with Gasteiger partial charge in [-0.15, -0.1) is 0 Å². The average molecular weight is 912 g/mol. The van der Waals surface area contributed by atoms with Gasteiger partial charge in [0.2, 0.25) is 0 Å². The van der Waals surface area contributed by atoms with E-state index in [2.05, 4.69) is 48.8 Å². The summed E-state index contributed by atoms with van der Waals surface area (Å²) in [5, 5.41) is 8.91. The summed E-state index contributed by atoms with van der Waals surface area (Å²) < 4.78 is 32.8. The highest BCUT2D eigenvalue weighted by molar-refractivity contribution is 7.47. The number of carboxylic acid groups (broad SMARTS) is 1. The summed E-state index contributed by atoms with van der Waals surface area (Å²) in [7, 11) is -4.73. The Balaban J connectivity index is 4.27. The number of carbonyl (C=O) groups excluding carboxylic acids is 2. The van der Waals surface area contributed by atoms with Crippen LogP contribution in [-0.4, -0.2) is 59.9 Å². The Morgan fingerprint density at radius 1 is 0.492 bits per heavy atom. The molecule has 0 aliphatic carbocycles. The number of allylic oxidation sites excluding steroid dienone is 6. The van der Waals surface area contributed by atoms with Crippen molar-refractivity contribution in [3.05, 3.63) is 36.5 Å². The van der Waals surface area contributed by atoms with Crippen LogP contribution in [0.2, 0.25) is 0 Å². The maximum absolute atomic E-state index is 12.6. The Morgan fingerprint density at radius 3 is 1.30 bits per heavy atom. The second-order valence-corrected chi connectivity index (χ2v) is 18.8. The van der Waals surface area contributed by atoms with Gasteiger partial charge in [-0.1, -0.05) is 217 Å². The Hall–Kier alpha value is -2.30. The lowest BCUT2D eigenvalue weighted by Gasteiger charge is -2.20. The summed E-state index contributed by atoms with van der Waals surface area (Å²) in [4.78, 5) is 46.1. The first-order valence-corrected chi connectivity index (χ1v) is 27.0. The second kappa shape index (κ2) is 46.2. The molecule has 12 heteroatoms. The van der Waals surface area contributed by atoms with Crippen LogP contribution >= 0.6 is 7.82 Å². The summed E-state index contributed by atoms with van der Waals surface area (Å²) in [6.07, 6.45) is 52.2. The molecule has 0 radical (unpaired) electrons. The number of nitrogens with two attached hydrogens (primary N) is 1. The number of unbranched alkanes of at least 4 members (excludes halogenated alkanes) is 28. The van der Waals surface area contributed by atoms with Crippen molar-refractivity contribution in [2.75, 3.05) is 19.8 Å². The van der Waals surface area contributed by atoms with Gasteiger partial charge in [-0.3, -0.25) is 23.4 Å². The zero-order valence-corrected chi connectivity index (χ0v) is 41.1. The normalized spacial score (nSPS) is 13.8. The van der Waals surface area contributed by atoms with Gasteiger partial charge in [-0.05, 0) is 44.9 Å². The van der Waals surface area contributed by atoms with E-state index in [1.54, 1.807) is 0 Å². The number of carboxylic acids is 1. The zero-order chi connectivity index (χ0) is 46.3. The van der Waals surface area contributed by atoms with Crippen molar-refractivity contribution < 1.29 is 47.5 Å². The fourth-order valence-electron chi connectivity index (χ4n) is 7.14.